The van der Waals surface area contributed by atoms with E-state index >= 15 is 0 Å². The molecule has 5 heteroatoms. The number of alkyl halides is 1. The maximum Gasteiger partial charge on any atom is 0.252 e. The third-order valence-corrected chi connectivity index (χ3v) is 5.14. The molecule has 2 aromatic rings. The molecule has 0 fully saturated rings. The van der Waals surface area contributed by atoms with E-state index in [4.69, 9.17) is 0 Å². The third kappa shape index (κ3) is 2.90. The lowest BCUT2D eigenvalue weighted by atomic mass is 10.1. The first kappa shape index (κ1) is 14.7. The van der Waals surface area contributed by atoms with Crippen molar-refractivity contribution in [3.63, 3.8) is 0 Å². The van der Waals surface area contributed by atoms with E-state index in [1.165, 1.54) is 23.8 Å². The van der Waals surface area contributed by atoms with E-state index in [1.807, 2.05) is 18.2 Å². The fraction of sp³-hybridized carbons (Fsp3) is 0.188. The second-order valence-corrected chi connectivity index (χ2v) is 7.02. The lowest BCUT2D eigenvalue weighted by molar-refractivity contribution is 0.0937. The predicted octanol–water partition coefficient (Wildman–Crippen LogP) is 4.38. The predicted molar refractivity (Wildman–Crippen MR) is 87.2 cm³/mol. The highest BCUT2D eigenvalue weighted by atomic mass is 79.9. The quantitative estimate of drug-likeness (QED) is 0.728. The standard InChI is InChI=1S/C16H12Br2FNO/c17-13-8-10(19)5-6-12(13)16(21)20-15-11-4-2-1-3-9(11)7-14(15)18/h1-6,8,14-15H,7H2,(H,20,21). The molecular formula is C16H12Br2FNO. The molecule has 1 aliphatic carbocycles. The number of nitrogens with one attached hydrogen (secondary N) is 1. The van der Waals surface area contributed by atoms with Gasteiger partial charge in [-0.25, -0.2) is 4.39 Å². The fourth-order valence-electron chi connectivity index (χ4n) is 2.61. The Balaban J connectivity index is 1.85. The first-order chi connectivity index (χ1) is 10.1. The van der Waals surface area contributed by atoms with Gasteiger partial charge >= 0.3 is 0 Å². The number of rotatable bonds is 2. The van der Waals surface area contributed by atoms with Gasteiger partial charge in [0.1, 0.15) is 5.82 Å². The van der Waals surface area contributed by atoms with Crippen molar-refractivity contribution in [3.8, 4) is 0 Å². The van der Waals surface area contributed by atoms with Crippen molar-refractivity contribution < 1.29 is 9.18 Å². The number of carbonyl (C=O) groups excluding carboxylic acids is 1. The fourth-order valence-corrected chi connectivity index (χ4v) is 3.90. The van der Waals surface area contributed by atoms with Gasteiger partial charge in [0.25, 0.3) is 5.91 Å². The molecule has 21 heavy (non-hydrogen) atoms. The Bertz CT molecular complexity index is 704. The number of hydrogen-bond donors (Lipinski definition) is 1. The molecule has 2 atom stereocenters. The molecule has 0 saturated carbocycles. The molecule has 108 valence electrons. The summed E-state index contributed by atoms with van der Waals surface area (Å²) in [5, 5.41) is 3.02. The Morgan fingerprint density at radius 2 is 2.00 bits per heavy atom. The van der Waals surface area contributed by atoms with Crippen LogP contribution in [0.4, 0.5) is 4.39 Å². The molecule has 0 heterocycles. The molecule has 2 aromatic carbocycles. The molecule has 1 amide bonds. The summed E-state index contributed by atoms with van der Waals surface area (Å²) < 4.78 is 13.6. The van der Waals surface area contributed by atoms with Gasteiger partial charge in [-0.15, -0.1) is 0 Å². The maximum atomic E-state index is 13.1. The lowest BCUT2D eigenvalue weighted by Gasteiger charge is -2.18. The van der Waals surface area contributed by atoms with E-state index in [1.54, 1.807) is 0 Å². The van der Waals surface area contributed by atoms with Gasteiger partial charge in [-0.1, -0.05) is 40.2 Å². The highest BCUT2D eigenvalue weighted by Crippen LogP contribution is 2.36. The summed E-state index contributed by atoms with van der Waals surface area (Å²) in [7, 11) is 0. The Morgan fingerprint density at radius 3 is 2.76 bits per heavy atom. The molecule has 0 aliphatic heterocycles. The van der Waals surface area contributed by atoms with Crippen LogP contribution < -0.4 is 5.32 Å². The van der Waals surface area contributed by atoms with Gasteiger partial charge < -0.3 is 5.32 Å². The normalized spacial score (nSPS) is 20.1. The molecule has 2 unspecified atom stereocenters. The van der Waals surface area contributed by atoms with E-state index < -0.39 is 0 Å². The van der Waals surface area contributed by atoms with Crippen molar-refractivity contribution in [3.05, 3.63) is 69.4 Å². The van der Waals surface area contributed by atoms with Crippen molar-refractivity contribution in [2.45, 2.75) is 17.3 Å². The summed E-state index contributed by atoms with van der Waals surface area (Å²) in [6, 6.07) is 12.1. The van der Waals surface area contributed by atoms with E-state index in [0.717, 1.165) is 12.0 Å². The van der Waals surface area contributed by atoms with Crippen molar-refractivity contribution in [1.29, 1.82) is 0 Å². The summed E-state index contributed by atoms with van der Waals surface area (Å²) in [6.07, 6.45) is 0.881. The van der Waals surface area contributed by atoms with Crippen LogP contribution in [0.5, 0.6) is 0 Å². The summed E-state index contributed by atoms with van der Waals surface area (Å²) in [5.41, 5.74) is 2.80. The second kappa shape index (κ2) is 5.89. The van der Waals surface area contributed by atoms with Gasteiger partial charge in [0.05, 0.1) is 11.6 Å². The zero-order chi connectivity index (χ0) is 15.0. The van der Waals surface area contributed by atoms with Gasteiger partial charge in [-0.2, -0.15) is 0 Å². The first-order valence-corrected chi connectivity index (χ1v) is 8.25. The minimum atomic E-state index is -0.372. The highest BCUT2D eigenvalue weighted by Gasteiger charge is 2.31. The topological polar surface area (TPSA) is 29.1 Å². The molecule has 0 bridgehead atoms. The first-order valence-electron chi connectivity index (χ1n) is 6.54. The number of benzene rings is 2. The van der Waals surface area contributed by atoms with Gasteiger partial charge in [0.15, 0.2) is 0 Å². The van der Waals surface area contributed by atoms with Crippen LogP contribution in [0, 0.1) is 5.82 Å². The summed E-state index contributed by atoms with van der Waals surface area (Å²) in [4.78, 5) is 12.6. The molecule has 0 aromatic heterocycles. The van der Waals surface area contributed by atoms with Crippen LogP contribution in [0.25, 0.3) is 0 Å². The Kier molecular flexibility index (Phi) is 4.13. The van der Waals surface area contributed by atoms with Gasteiger partial charge in [-0.05, 0) is 51.7 Å². The number of hydrogen-bond acceptors (Lipinski definition) is 1. The Labute approximate surface area is 139 Å². The maximum absolute atomic E-state index is 13.1. The SMILES string of the molecule is O=C(NC1c2ccccc2CC1Br)c1ccc(F)cc1Br. The average molecular weight is 413 g/mol. The van der Waals surface area contributed by atoms with Crippen LogP contribution in [0.2, 0.25) is 0 Å². The minimum absolute atomic E-state index is 0.0781. The molecule has 0 spiro atoms. The molecule has 0 radical (unpaired) electrons. The van der Waals surface area contributed by atoms with Crippen molar-refractivity contribution in [2.75, 3.05) is 0 Å². The molecule has 1 N–H and O–H groups in total. The van der Waals surface area contributed by atoms with Gasteiger partial charge in [0, 0.05) is 9.30 Å². The number of carbonyl (C=O) groups is 1. The van der Waals surface area contributed by atoms with E-state index in [-0.39, 0.29) is 22.6 Å². The van der Waals surface area contributed by atoms with Crippen LogP contribution in [0.15, 0.2) is 46.9 Å². The summed E-state index contributed by atoms with van der Waals surface area (Å²) in [5.74, 6) is -0.587. The van der Waals surface area contributed by atoms with Crippen molar-refractivity contribution >= 4 is 37.8 Å². The Morgan fingerprint density at radius 1 is 1.24 bits per heavy atom. The van der Waals surface area contributed by atoms with Gasteiger partial charge in [0.2, 0.25) is 0 Å². The van der Waals surface area contributed by atoms with Crippen LogP contribution in [-0.2, 0) is 6.42 Å². The number of halogens is 3. The third-order valence-electron chi connectivity index (χ3n) is 3.63. The van der Waals surface area contributed by atoms with E-state index in [0.29, 0.717) is 10.0 Å². The highest BCUT2D eigenvalue weighted by molar-refractivity contribution is 9.10. The molecule has 3 rings (SSSR count). The van der Waals surface area contributed by atoms with Crippen LogP contribution in [-0.4, -0.2) is 10.7 Å². The molecular weight excluding hydrogens is 401 g/mol. The zero-order valence-corrected chi connectivity index (χ0v) is 14.1. The summed E-state index contributed by atoms with van der Waals surface area (Å²) >= 11 is 6.86. The van der Waals surface area contributed by atoms with Crippen LogP contribution in [0.3, 0.4) is 0 Å². The number of fused-ring (bicyclic) bond motifs is 1. The smallest absolute Gasteiger partial charge is 0.252 e. The second-order valence-electron chi connectivity index (χ2n) is 4.99. The zero-order valence-electron chi connectivity index (χ0n) is 10.9. The van der Waals surface area contributed by atoms with Crippen molar-refractivity contribution in [2.24, 2.45) is 0 Å². The largest absolute Gasteiger partial charge is 0.344 e. The number of amides is 1. The summed E-state index contributed by atoms with van der Waals surface area (Å²) in [6.45, 7) is 0. The van der Waals surface area contributed by atoms with E-state index in [9.17, 15) is 9.18 Å². The Hall–Kier alpha value is -1.20. The lowest BCUT2D eigenvalue weighted by Crippen LogP contribution is -2.31. The average Bonchev–Trinajstić information content (AvgIpc) is 2.75. The molecule has 1 aliphatic rings. The molecule has 0 saturated heterocycles. The minimum Gasteiger partial charge on any atom is -0.344 e. The van der Waals surface area contributed by atoms with Crippen molar-refractivity contribution in [1.82, 2.24) is 5.32 Å². The van der Waals surface area contributed by atoms with Crippen LogP contribution in [0.1, 0.15) is 27.5 Å². The monoisotopic (exact) mass is 411 g/mol. The van der Waals surface area contributed by atoms with Crippen LogP contribution >= 0.6 is 31.9 Å². The molecule has 2 nitrogen and oxygen atoms in total. The van der Waals surface area contributed by atoms with E-state index in [2.05, 4.69) is 43.2 Å². The van der Waals surface area contributed by atoms with Gasteiger partial charge in [-0.3, -0.25) is 4.79 Å².